The molecule has 134 valence electrons. The molecule has 0 fully saturated rings. The van der Waals surface area contributed by atoms with E-state index in [0.29, 0.717) is 5.13 Å². The highest BCUT2D eigenvalue weighted by Crippen LogP contribution is 2.32. The first-order chi connectivity index (χ1) is 13.2. The third kappa shape index (κ3) is 3.97. The Balaban J connectivity index is 1.59. The minimum absolute atomic E-state index is 0.0807. The molecular weight excluding hydrogens is 374 g/mol. The molecule has 1 atom stereocenters. The average Bonchev–Trinajstić information content (AvgIpc) is 3.35. The summed E-state index contributed by atoms with van der Waals surface area (Å²) in [5, 5.41) is 7.58. The van der Waals surface area contributed by atoms with Crippen LogP contribution < -0.4 is 5.32 Å². The number of thiazole rings is 1. The highest BCUT2D eigenvalue weighted by atomic mass is 32.1. The van der Waals surface area contributed by atoms with Gasteiger partial charge in [0.2, 0.25) is 5.91 Å². The zero-order valence-corrected chi connectivity index (χ0v) is 16.3. The molecule has 0 aliphatic heterocycles. The molecule has 4 rings (SSSR count). The maximum atomic E-state index is 13.1. The Bertz CT molecular complexity index is 1040. The molecule has 0 aliphatic carbocycles. The highest BCUT2D eigenvalue weighted by Gasteiger charge is 2.24. The third-order valence-electron chi connectivity index (χ3n) is 4.17. The first-order valence-corrected chi connectivity index (χ1v) is 10.2. The molecule has 0 bridgehead atoms. The van der Waals surface area contributed by atoms with Gasteiger partial charge in [0.1, 0.15) is 0 Å². The van der Waals surface area contributed by atoms with Crippen LogP contribution in [0.25, 0.3) is 10.4 Å². The fraction of sp³-hybridized carbons (Fsp3) is 0.0952. The van der Waals surface area contributed by atoms with E-state index in [2.05, 4.69) is 21.4 Å². The number of carbonyl (C=O) groups excluding carboxylic acids is 1. The number of amides is 1. The van der Waals surface area contributed by atoms with E-state index < -0.39 is 0 Å². The van der Waals surface area contributed by atoms with Crippen molar-refractivity contribution >= 4 is 33.7 Å². The predicted octanol–water partition coefficient (Wildman–Crippen LogP) is 5.35. The van der Waals surface area contributed by atoms with E-state index in [9.17, 15) is 4.79 Å². The minimum Gasteiger partial charge on any atom is -0.301 e. The van der Waals surface area contributed by atoms with Gasteiger partial charge in [0.15, 0.2) is 5.13 Å². The summed E-state index contributed by atoms with van der Waals surface area (Å²) >= 11 is 3.04. The molecule has 1 unspecified atom stereocenters. The Morgan fingerprint density at radius 2 is 1.93 bits per heavy atom. The number of hydrogen-bond donors (Lipinski definition) is 1. The smallest absolute Gasteiger partial charge is 0.238 e. The van der Waals surface area contributed by atoms with Gasteiger partial charge in [0.05, 0.1) is 10.8 Å². The molecule has 0 radical (unpaired) electrons. The topological polar surface area (TPSA) is 54.9 Å². The van der Waals surface area contributed by atoms with E-state index >= 15 is 0 Å². The van der Waals surface area contributed by atoms with Crippen LogP contribution in [0.3, 0.4) is 0 Å². The number of nitrogens with zero attached hydrogens (tertiary/aromatic N) is 2. The van der Waals surface area contributed by atoms with Crippen molar-refractivity contribution in [3.63, 3.8) is 0 Å². The van der Waals surface area contributed by atoms with Crippen LogP contribution in [-0.2, 0) is 4.79 Å². The number of aryl methyl sites for hydroxylation is 1. The first kappa shape index (κ1) is 17.6. The normalized spacial score (nSPS) is 11.9. The molecule has 3 aromatic heterocycles. The largest absolute Gasteiger partial charge is 0.301 e. The van der Waals surface area contributed by atoms with E-state index in [-0.39, 0.29) is 11.8 Å². The van der Waals surface area contributed by atoms with E-state index in [4.69, 9.17) is 0 Å². The molecule has 1 amide bonds. The van der Waals surface area contributed by atoms with Crippen LogP contribution in [0.5, 0.6) is 0 Å². The number of hydrogen-bond acceptors (Lipinski definition) is 5. The van der Waals surface area contributed by atoms with Crippen molar-refractivity contribution < 1.29 is 4.79 Å². The Kier molecular flexibility index (Phi) is 5.09. The van der Waals surface area contributed by atoms with Crippen LogP contribution in [0, 0.1) is 6.92 Å². The number of aromatic nitrogens is 2. The van der Waals surface area contributed by atoms with Gasteiger partial charge in [-0.2, -0.15) is 11.3 Å². The van der Waals surface area contributed by atoms with Gasteiger partial charge < -0.3 is 5.32 Å². The van der Waals surface area contributed by atoms with Crippen molar-refractivity contribution in [3.05, 3.63) is 88.5 Å². The number of pyridine rings is 1. The average molecular weight is 392 g/mol. The number of carbonyl (C=O) groups is 1. The van der Waals surface area contributed by atoms with Crippen molar-refractivity contribution in [2.75, 3.05) is 5.32 Å². The van der Waals surface area contributed by atoms with Gasteiger partial charge in [-0.3, -0.25) is 9.78 Å². The highest BCUT2D eigenvalue weighted by molar-refractivity contribution is 7.19. The lowest BCUT2D eigenvalue weighted by Gasteiger charge is -2.15. The van der Waals surface area contributed by atoms with Gasteiger partial charge in [-0.05, 0) is 46.5 Å². The lowest BCUT2D eigenvalue weighted by molar-refractivity contribution is -0.116. The monoisotopic (exact) mass is 391 g/mol. The van der Waals surface area contributed by atoms with Gasteiger partial charge in [-0.1, -0.05) is 41.7 Å². The summed E-state index contributed by atoms with van der Waals surface area (Å²) in [5.41, 5.74) is 4.05. The van der Waals surface area contributed by atoms with Crippen LogP contribution in [0.4, 0.5) is 5.13 Å². The Labute approximate surface area is 165 Å². The van der Waals surface area contributed by atoms with Crippen LogP contribution in [0.1, 0.15) is 22.6 Å². The number of benzene rings is 1. The first-order valence-electron chi connectivity index (χ1n) is 8.46. The molecule has 6 heteroatoms. The fourth-order valence-electron chi connectivity index (χ4n) is 2.91. The van der Waals surface area contributed by atoms with E-state index in [1.807, 2.05) is 66.5 Å². The van der Waals surface area contributed by atoms with Crippen LogP contribution in [0.15, 0.2) is 71.8 Å². The summed E-state index contributed by atoms with van der Waals surface area (Å²) < 4.78 is 0. The molecule has 0 aliphatic rings. The van der Waals surface area contributed by atoms with Crippen molar-refractivity contribution in [2.45, 2.75) is 12.8 Å². The summed E-state index contributed by atoms with van der Waals surface area (Å²) in [6.45, 7) is 2.01. The number of thiophene rings is 1. The lowest BCUT2D eigenvalue weighted by atomic mass is 9.92. The molecule has 1 aromatic carbocycles. The van der Waals surface area contributed by atoms with Gasteiger partial charge in [0.25, 0.3) is 0 Å². The molecule has 0 saturated heterocycles. The second kappa shape index (κ2) is 7.82. The third-order valence-corrected chi connectivity index (χ3v) is 5.83. The Morgan fingerprint density at radius 1 is 1.07 bits per heavy atom. The molecule has 27 heavy (non-hydrogen) atoms. The Morgan fingerprint density at radius 3 is 2.67 bits per heavy atom. The second-order valence-electron chi connectivity index (χ2n) is 6.17. The quantitative estimate of drug-likeness (QED) is 0.499. The van der Waals surface area contributed by atoms with Crippen LogP contribution in [0.2, 0.25) is 0 Å². The van der Waals surface area contributed by atoms with Crippen molar-refractivity contribution in [1.82, 2.24) is 9.97 Å². The van der Waals surface area contributed by atoms with Crippen molar-refractivity contribution in [3.8, 4) is 10.4 Å². The Hall–Kier alpha value is -2.83. The maximum Gasteiger partial charge on any atom is 0.238 e. The standard InChI is InChI=1S/C21H17N3OS2/c1-14-9-17(11-22-10-14)18-12-23-21(27-18)24-20(25)19(16-7-8-26-13-16)15-5-3-2-4-6-15/h2-13,19H,1H3,(H,23,24,25). The van der Waals surface area contributed by atoms with E-state index in [0.717, 1.165) is 27.1 Å². The summed E-state index contributed by atoms with van der Waals surface area (Å²) in [7, 11) is 0. The van der Waals surface area contributed by atoms with Gasteiger partial charge in [-0.25, -0.2) is 4.98 Å². The van der Waals surface area contributed by atoms with E-state index in [1.54, 1.807) is 17.5 Å². The van der Waals surface area contributed by atoms with Crippen molar-refractivity contribution in [2.24, 2.45) is 0 Å². The van der Waals surface area contributed by atoms with E-state index in [1.165, 1.54) is 11.3 Å². The zero-order valence-electron chi connectivity index (χ0n) is 14.6. The summed E-state index contributed by atoms with van der Waals surface area (Å²) in [4.78, 5) is 22.6. The second-order valence-corrected chi connectivity index (χ2v) is 7.98. The molecular formula is C21H17N3OS2. The lowest BCUT2D eigenvalue weighted by Crippen LogP contribution is -2.21. The summed E-state index contributed by atoms with van der Waals surface area (Å²) in [5.74, 6) is -0.437. The molecule has 4 nitrogen and oxygen atoms in total. The maximum absolute atomic E-state index is 13.1. The summed E-state index contributed by atoms with van der Waals surface area (Å²) in [6.07, 6.45) is 5.40. The summed E-state index contributed by atoms with van der Waals surface area (Å²) in [6, 6.07) is 13.9. The molecule has 3 heterocycles. The molecule has 0 spiro atoms. The van der Waals surface area contributed by atoms with Crippen LogP contribution in [-0.4, -0.2) is 15.9 Å². The SMILES string of the molecule is Cc1cncc(-c2cnc(NC(=O)C(c3ccccc3)c3ccsc3)s2)c1. The van der Waals surface area contributed by atoms with Crippen LogP contribution >= 0.6 is 22.7 Å². The van der Waals surface area contributed by atoms with Gasteiger partial charge >= 0.3 is 0 Å². The van der Waals surface area contributed by atoms with Crippen molar-refractivity contribution in [1.29, 1.82) is 0 Å². The number of rotatable bonds is 5. The minimum atomic E-state index is -0.356. The predicted molar refractivity (Wildman–Crippen MR) is 111 cm³/mol. The van der Waals surface area contributed by atoms with Gasteiger partial charge in [0, 0.05) is 24.2 Å². The number of anilines is 1. The molecule has 1 N–H and O–H groups in total. The fourth-order valence-corrected chi connectivity index (χ4v) is 4.40. The molecule has 0 saturated carbocycles. The molecule has 4 aromatic rings. The number of nitrogens with one attached hydrogen (secondary N) is 1. The van der Waals surface area contributed by atoms with Gasteiger partial charge in [-0.15, -0.1) is 0 Å². The zero-order chi connectivity index (χ0) is 18.6.